The number of carbonyl (C=O) groups excluding carboxylic acids is 2. The van der Waals surface area contributed by atoms with Gasteiger partial charge in [-0.3, -0.25) is 9.59 Å². The van der Waals surface area contributed by atoms with Gasteiger partial charge in [0.15, 0.2) is 0 Å². The number of nitrogens with one attached hydrogen (secondary N) is 1. The van der Waals surface area contributed by atoms with Crippen LogP contribution < -0.4 is 5.32 Å². The van der Waals surface area contributed by atoms with E-state index in [0.29, 0.717) is 12.8 Å². The quantitative estimate of drug-likeness (QED) is 0.732. The molecular weight excluding hydrogens is 336 g/mol. The van der Waals surface area contributed by atoms with Crippen LogP contribution in [0.15, 0.2) is 30.3 Å². The van der Waals surface area contributed by atoms with Crippen LogP contribution in [0.25, 0.3) is 0 Å². The lowest BCUT2D eigenvalue weighted by molar-refractivity contribution is -0.164. The molecule has 7 nitrogen and oxygen atoms in total. The highest BCUT2D eigenvalue weighted by atomic mass is 16.5. The van der Waals surface area contributed by atoms with E-state index >= 15 is 0 Å². The van der Waals surface area contributed by atoms with Crippen molar-refractivity contribution in [1.29, 1.82) is 0 Å². The predicted octanol–water partition coefficient (Wildman–Crippen LogP) is 1.56. The monoisotopic (exact) mass is 362 g/mol. The van der Waals surface area contributed by atoms with E-state index < -0.39 is 30.1 Å². The van der Waals surface area contributed by atoms with Crippen molar-refractivity contribution in [3.8, 4) is 0 Å². The predicted molar refractivity (Wildman–Crippen MR) is 95.3 cm³/mol. The van der Waals surface area contributed by atoms with Gasteiger partial charge in [0.2, 0.25) is 11.8 Å². The minimum atomic E-state index is -1.07. The summed E-state index contributed by atoms with van der Waals surface area (Å²) in [5.74, 6) is -1.85. The molecule has 0 radical (unpaired) electrons. The zero-order valence-corrected chi connectivity index (χ0v) is 15.2. The Labute approximate surface area is 153 Å². The van der Waals surface area contributed by atoms with E-state index in [2.05, 4.69) is 5.32 Å². The number of unbranched alkanes of at least 4 members (excludes halogenated alkanes) is 1. The van der Waals surface area contributed by atoms with Crippen LogP contribution in [0.5, 0.6) is 0 Å². The first-order valence-electron chi connectivity index (χ1n) is 8.92. The lowest BCUT2D eigenvalue weighted by Crippen LogP contribution is -2.61. The summed E-state index contributed by atoms with van der Waals surface area (Å²) in [7, 11) is 0. The number of morpholine rings is 1. The molecule has 0 aliphatic carbocycles. The van der Waals surface area contributed by atoms with E-state index in [9.17, 15) is 19.5 Å². The largest absolute Gasteiger partial charge is 0.480 e. The van der Waals surface area contributed by atoms with Crippen molar-refractivity contribution in [2.45, 2.75) is 57.8 Å². The Hall–Kier alpha value is -2.41. The van der Waals surface area contributed by atoms with Crippen molar-refractivity contribution in [3.05, 3.63) is 35.9 Å². The number of ether oxygens (including phenoxy) is 1. The molecule has 1 aromatic rings. The number of amides is 2. The summed E-state index contributed by atoms with van der Waals surface area (Å²) in [4.78, 5) is 38.0. The average molecular weight is 362 g/mol. The second-order valence-electron chi connectivity index (χ2n) is 6.51. The highest BCUT2D eigenvalue weighted by molar-refractivity contribution is 5.91. The Morgan fingerprint density at radius 1 is 1.35 bits per heavy atom. The van der Waals surface area contributed by atoms with Crippen LogP contribution in [0.2, 0.25) is 0 Å². The molecule has 1 saturated heterocycles. The molecule has 3 atom stereocenters. The molecule has 7 heteroatoms. The Bertz CT molecular complexity index is 634. The van der Waals surface area contributed by atoms with Crippen LogP contribution in [-0.4, -0.2) is 52.6 Å². The molecule has 0 spiro atoms. The molecule has 0 unspecified atom stereocenters. The van der Waals surface area contributed by atoms with Gasteiger partial charge in [0.05, 0.1) is 6.10 Å². The number of carbonyl (C=O) groups is 3. The van der Waals surface area contributed by atoms with Crippen molar-refractivity contribution in [2.24, 2.45) is 0 Å². The Balaban J connectivity index is 2.16. The van der Waals surface area contributed by atoms with E-state index in [4.69, 9.17) is 4.74 Å². The van der Waals surface area contributed by atoms with Gasteiger partial charge >= 0.3 is 5.97 Å². The summed E-state index contributed by atoms with van der Waals surface area (Å²) in [6, 6.07) is 7.54. The van der Waals surface area contributed by atoms with Crippen molar-refractivity contribution >= 4 is 17.8 Å². The fourth-order valence-corrected chi connectivity index (χ4v) is 3.03. The van der Waals surface area contributed by atoms with Gasteiger partial charge in [0.25, 0.3) is 0 Å². The maximum Gasteiger partial charge on any atom is 0.326 e. The van der Waals surface area contributed by atoms with E-state index in [-0.39, 0.29) is 19.1 Å². The normalized spacial score (nSPS) is 21.3. The Kier molecular flexibility index (Phi) is 7.15. The van der Waals surface area contributed by atoms with E-state index in [1.807, 2.05) is 37.3 Å². The van der Waals surface area contributed by atoms with Crippen LogP contribution in [0, 0.1) is 0 Å². The molecule has 2 rings (SSSR count). The first-order chi connectivity index (χ1) is 12.4. The van der Waals surface area contributed by atoms with Crippen LogP contribution in [-0.2, 0) is 25.7 Å². The van der Waals surface area contributed by atoms with Gasteiger partial charge in [-0.2, -0.15) is 0 Å². The fourth-order valence-electron chi connectivity index (χ4n) is 3.03. The molecular formula is C19H26N2O5. The van der Waals surface area contributed by atoms with Crippen molar-refractivity contribution in [1.82, 2.24) is 10.2 Å². The van der Waals surface area contributed by atoms with E-state index in [1.165, 1.54) is 4.90 Å². The van der Waals surface area contributed by atoms with Crippen LogP contribution in [0.4, 0.5) is 0 Å². The van der Waals surface area contributed by atoms with Gasteiger partial charge in [0.1, 0.15) is 18.7 Å². The SMILES string of the molecule is CCCC[C@H](NC(=O)[C@@H]1[C@@H](C)OCC(=O)N1Cc1ccccc1)C(=O)O. The van der Waals surface area contributed by atoms with Crippen LogP contribution in [0.1, 0.15) is 38.7 Å². The maximum absolute atomic E-state index is 12.8. The topological polar surface area (TPSA) is 95.9 Å². The summed E-state index contributed by atoms with van der Waals surface area (Å²) in [5, 5.41) is 11.9. The molecule has 1 heterocycles. The lowest BCUT2D eigenvalue weighted by atomic mass is 10.0. The van der Waals surface area contributed by atoms with Crippen molar-refractivity contribution in [3.63, 3.8) is 0 Å². The average Bonchev–Trinajstić information content (AvgIpc) is 2.62. The van der Waals surface area contributed by atoms with Crippen molar-refractivity contribution in [2.75, 3.05) is 6.61 Å². The zero-order valence-electron chi connectivity index (χ0n) is 15.2. The van der Waals surface area contributed by atoms with Gasteiger partial charge in [-0.15, -0.1) is 0 Å². The smallest absolute Gasteiger partial charge is 0.326 e. The molecule has 1 aromatic carbocycles. The standard InChI is InChI=1S/C19H26N2O5/c1-3-4-10-15(19(24)25)20-18(23)17-13(2)26-12-16(22)21(17)11-14-8-6-5-7-9-14/h5-9,13,15,17H,3-4,10-12H2,1-2H3,(H,20,23)(H,24,25)/t13-,15+,17+/m1/s1. The Morgan fingerprint density at radius 3 is 2.65 bits per heavy atom. The van der Waals surface area contributed by atoms with Crippen LogP contribution in [0.3, 0.4) is 0 Å². The third-order valence-electron chi connectivity index (χ3n) is 4.50. The summed E-state index contributed by atoms with van der Waals surface area (Å²) in [6.07, 6.45) is 1.37. The first-order valence-corrected chi connectivity index (χ1v) is 8.92. The number of rotatable bonds is 8. The molecule has 26 heavy (non-hydrogen) atoms. The van der Waals surface area contributed by atoms with Crippen LogP contribution >= 0.6 is 0 Å². The third kappa shape index (κ3) is 5.05. The molecule has 2 N–H and O–H groups in total. The number of nitrogens with zero attached hydrogens (tertiary/aromatic N) is 1. The molecule has 142 valence electrons. The Morgan fingerprint density at radius 2 is 2.04 bits per heavy atom. The highest BCUT2D eigenvalue weighted by Gasteiger charge is 2.40. The van der Waals surface area contributed by atoms with Crippen molar-refractivity contribution < 1.29 is 24.2 Å². The number of benzene rings is 1. The molecule has 0 bridgehead atoms. The van der Waals surface area contributed by atoms with Gasteiger partial charge in [-0.05, 0) is 18.9 Å². The maximum atomic E-state index is 12.8. The van der Waals surface area contributed by atoms with Gasteiger partial charge < -0.3 is 20.1 Å². The van der Waals surface area contributed by atoms with E-state index in [0.717, 1.165) is 12.0 Å². The lowest BCUT2D eigenvalue weighted by Gasteiger charge is -2.39. The molecule has 0 aromatic heterocycles. The van der Waals surface area contributed by atoms with E-state index in [1.54, 1.807) is 6.92 Å². The highest BCUT2D eigenvalue weighted by Crippen LogP contribution is 2.19. The summed E-state index contributed by atoms with van der Waals surface area (Å²) >= 11 is 0. The molecule has 2 amide bonds. The molecule has 0 saturated carbocycles. The third-order valence-corrected chi connectivity index (χ3v) is 4.50. The number of aliphatic carboxylic acids is 1. The zero-order chi connectivity index (χ0) is 19.1. The molecule has 1 fully saturated rings. The van der Waals surface area contributed by atoms with Gasteiger partial charge in [-0.25, -0.2) is 4.79 Å². The minimum Gasteiger partial charge on any atom is -0.480 e. The second kappa shape index (κ2) is 9.33. The number of hydrogen-bond donors (Lipinski definition) is 2. The van der Waals surface area contributed by atoms with Gasteiger partial charge in [-0.1, -0.05) is 50.1 Å². The number of carboxylic acids is 1. The number of carboxylic acid groups (broad SMARTS) is 1. The first kappa shape index (κ1) is 19.9. The second-order valence-corrected chi connectivity index (χ2v) is 6.51. The fraction of sp³-hybridized carbons (Fsp3) is 0.526. The number of hydrogen-bond acceptors (Lipinski definition) is 4. The minimum absolute atomic E-state index is 0.0873. The summed E-state index contributed by atoms with van der Waals surface area (Å²) in [6.45, 7) is 3.86. The molecule has 1 aliphatic heterocycles. The molecule has 1 aliphatic rings. The summed E-state index contributed by atoms with van der Waals surface area (Å²) < 4.78 is 5.42. The van der Waals surface area contributed by atoms with Gasteiger partial charge in [0, 0.05) is 6.54 Å². The summed E-state index contributed by atoms with van der Waals surface area (Å²) in [5.41, 5.74) is 0.897.